The lowest BCUT2D eigenvalue weighted by molar-refractivity contribution is 0.517. The molecule has 1 atom stereocenters. The Morgan fingerprint density at radius 3 is 2.72 bits per heavy atom. The maximum atomic E-state index is 5.84. The molecule has 0 fully saturated rings. The van der Waals surface area contributed by atoms with E-state index in [1.165, 1.54) is 31.2 Å². The number of nitrogens with one attached hydrogen (secondary N) is 1. The molecule has 0 aliphatic heterocycles. The highest BCUT2D eigenvalue weighted by atomic mass is 14.9. The van der Waals surface area contributed by atoms with Crippen molar-refractivity contribution in [2.75, 3.05) is 13.1 Å². The van der Waals surface area contributed by atoms with Crippen molar-refractivity contribution in [2.45, 2.75) is 38.1 Å². The Labute approximate surface area is 110 Å². The quantitative estimate of drug-likeness (QED) is 0.724. The molecular formula is C16H24N2. The second kappa shape index (κ2) is 7.34. The van der Waals surface area contributed by atoms with Crippen molar-refractivity contribution in [1.82, 2.24) is 5.32 Å². The largest absolute Gasteiger partial charge is 0.329 e. The fourth-order valence-electron chi connectivity index (χ4n) is 2.54. The maximum Gasteiger partial charge on any atom is 0.0230 e. The van der Waals surface area contributed by atoms with E-state index in [2.05, 4.69) is 41.7 Å². The lowest BCUT2D eigenvalue weighted by Crippen LogP contribution is -2.38. The fraction of sp³-hybridized carbons (Fsp3) is 0.500. The van der Waals surface area contributed by atoms with Gasteiger partial charge in [0.2, 0.25) is 0 Å². The molecule has 0 heterocycles. The molecule has 3 N–H and O–H groups in total. The topological polar surface area (TPSA) is 38.0 Å². The van der Waals surface area contributed by atoms with Crippen molar-refractivity contribution in [3.8, 4) is 0 Å². The molecule has 0 spiro atoms. The van der Waals surface area contributed by atoms with Crippen LogP contribution in [0.1, 0.15) is 31.2 Å². The van der Waals surface area contributed by atoms with Crippen molar-refractivity contribution < 1.29 is 0 Å². The van der Waals surface area contributed by atoms with Crippen LogP contribution in [0.3, 0.4) is 0 Å². The molecule has 0 radical (unpaired) electrons. The zero-order chi connectivity index (χ0) is 12.6. The number of rotatable bonds is 7. The molecule has 0 saturated heterocycles. The molecule has 1 unspecified atom stereocenters. The summed E-state index contributed by atoms with van der Waals surface area (Å²) in [6.45, 7) is 1.76. The van der Waals surface area contributed by atoms with Crippen molar-refractivity contribution >= 4 is 0 Å². The van der Waals surface area contributed by atoms with E-state index in [9.17, 15) is 0 Å². The van der Waals surface area contributed by atoms with E-state index in [4.69, 9.17) is 5.73 Å². The van der Waals surface area contributed by atoms with Crippen LogP contribution in [0, 0.1) is 0 Å². The predicted octanol–water partition coefficient (Wildman–Crippen LogP) is 2.65. The lowest BCUT2D eigenvalue weighted by Gasteiger charge is -2.17. The highest BCUT2D eigenvalue weighted by Gasteiger charge is 2.08. The van der Waals surface area contributed by atoms with Gasteiger partial charge in [-0.15, -0.1) is 0 Å². The van der Waals surface area contributed by atoms with Gasteiger partial charge < -0.3 is 11.1 Å². The molecule has 18 heavy (non-hydrogen) atoms. The van der Waals surface area contributed by atoms with Gasteiger partial charge in [0.25, 0.3) is 0 Å². The van der Waals surface area contributed by atoms with Gasteiger partial charge in [0, 0.05) is 12.6 Å². The van der Waals surface area contributed by atoms with Crippen molar-refractivity contribution in [3.63, 3.8) is 0 Å². The first kappa shape index (κ1) is 13.3. The van der Waals surface area contributed by atoms with Crippen LogP contribution in [0.2, 0.25) is 0 Å². The molecule has 2 heteroatoms. The number of nitrogens with two attached hydrogens (primary N) is 1. The molecule has 1 aliphatic rings. The Hall–Kier alpha value is -1.12. The monoisotopic (exact) mass is 244 g/mol. The SMILES string of the molecule is NCC(Cc1ccccc1)NCCC1=CCCC1. The minimum atomic E-state index is 0.398. The van der Waals surface area contributed by atoms with Gasteiger partial charge in [-0.25, -0.2) is 0 Å². The number of hydrogen-bond donors (Lipinski definition) is 2. The standard InChI is InChI=1S/C16H24N2/c17-13-16(12-15-8-2-1-3-9-15)18-11-10-14-6-4-5-7-14/h1-3,6,8-9,16,18H,4-5,7,10-13,17H2. The molecular weight excluding hydrogens is 220 g/mol. The van der Waals surface area contributed by atoms with Gasteiger partial charge >= 0.3 is 0 Å². The van der Waals surface area contributed by atoms with Crippen LogP contribution in [0.15, 0.2) is 42.0 Å². The third kappa shape index (κ3) is 4.28. The third-order valence-electron chi connectivity index (χ3n) is 3.62. The van der Waals surface area contributed by atoms with Crippen LogP contribution in [0.5, 0.6) is 0 Å². The molecule has 0 bridgehead atoms. The Bertz CT molecular complexity index is 370. The second-order valence-electron chi connectivity index (χ2n) is 5.08. The van der Waals surface area contributed by atoms with Crippen LogP contribution in [0.4, 0.5) is 0 Å². The van der Waals surface area contributed by atoms with E-state index in [-0.39, 0.29) is 0 Å². The Balaban J connectivity index is 1.72. The maximum absolute atomic E-state index is 5.84. The summed E-state index contributed by atoms with van der Waals surface area (Å²) < 4.78 is 0. The Morgan fingerprint density at radius 1 is 1.22 bits per heavy atom. The van der Waals surface area contributed by atoms with Crippen LogP contribution in [0.25, 0.3) is 0 Å². The molecule has 2 rings (SSSR count). The first-order valence-electron chi connectivity index (χ1n) is 7.04. The lowest BCUT2D eigenvalue weighted by atomic mass is 10.1. The Kier molecular flexibility index (Phi) is 5.43. The van der Waals surface area contributed by atoms with Crippen LogP contribution < -0.4 is 11.1 Å². The first-order valence-corrected chi connectivity index (χ1v) is 7.04. The molecule has 1 aromatic carbocycles. The van der Waals surface area contributed by atoms with E-state index >= 15 is 0 Å². The van der Waals surface area contributed by atoms with Gasteiger partial charge in [-0.2, -0.15) is 0 Å². The first-order chi connectivity index (χ1) is 8.88. The predicted molar refractivity (Wildman–Crippen MR) is 77.5 cm³/mol. The van der Waals surface area contributed by atoms with Crippen LogP contribution >= 0.6 is 0 Å². The summed E-state index contributed by atoms with van der Waals surface area (Å²) in [5.41, 5.74) is 8.82. The molecule has 98 valence electrons. The summed E-state index contributed by atoms with van der Waals surface area (Å²) in [4.78, 5) is 0. The van der Waals surface area contributed by atoms with Gasteiger partial charge in [-0.3, -0.25) is 0 Å². The summed E-state index contributed by atoms with van der Waals surface area (Å²) in [6.07, 6.45) is 8.53. The Morgan fingerprint density at radius 2 is 2.06 bits per heavy atom. The van der Waals surface area contributed by atoms with Crippen LogP contribution in [-0.4, -0.2) is 19.1 Å². The third-order valence-corrected chi connectivity index (χ3v) is 3.62. The minimum Gasteiger partial charge on any atom is -0.329 e. The fourth-order valence-corrected chi connectivity index (χ4v) is 2.54. The van der Waals surface area contributed by atoms with Crippen molar-refractivity contribution in [2.24, 2.45) is 5.73 Å². The van der Waals surface area contributed by atoms with Crippen molar-refractivity contribution in [3.05, 3.63) is 47.5 Å². The van der Waals surface area contributed by atoms with Gasteiger partial charge in [0.05, 0.1) is 0 Å². The number of allylic oxidation sites excluding steroid dienone is 1. The summed E-state index contributed by atoms with van der Waals surface area (Å²) in [5, 5.41) is 3.58. The van der Waals surface area contributed by atoms with E-state index in [0.717, 1.165) is 13.0 Å². The zero-order valence-corrected chi connectivity index (χ0v) is 11.1. The molecule has 2 nitrogen and oxygen atoms in total. The van der Waals surface area contributed by atoms with E-state index in [1.807, 2.05) is 0 Å². The highest BCUT2D eigenvalue weighted by Crippen LogP contribution is 2.19. The number of hydrogen-bond acceptors (Lipinski definition) is 2. The molecule has 0 aromatic heterocycles. The van der Waals surface area contributed by atoms with E-state index in [1.54, 1.807) is 5.57 Å². The van der Waals surface area contributed by atoms with Gasteiger partial charge in [-0.05, 0) is 44.2 Å². The van der Waals surface area contributed by atoms with Gasteiger partial charge in [0.1, 0.15) is 0 Å². The average molecular weight is 244 g/mol. The smallest absolute Gasteiger partial charge is 0.0230 e. The average Bonchev–Trinajstić information content (AvgIpc) is 2.92. The second-order valence-corrected chi connectivity index (χ2v) is 5.08. The highest BCUT2D eigenvalue weighted by molar-refractivity contribution is 5.16. The summed E-state index contributed by atoms with van der Waals surface area (Å²) in [6, 6.07) is 11.0. The van der Waals surface area contributed by atoms with Gasteiger partial charge in [0.15, 0.2) is 0 Å². The van der Waals surface area contributed by atoms with Crippen LogP contribution in [-0.2, 0) is 6.42 Å². The summed E-state index contributed by atoms with van der Waals surface area (Å²) in [7, 11) is 0. The van der Waals surface area contributed by atoms with E-state index in [0.29, 0.717) is 12.6 Å². The molecule has 1 aliphatic carbocycles. The molecule has 1 aromatic rings. The van der Waals surface area contributed by atoms with E-state index < -0.39 is 0 Å². The van der Waals surface area contributed by atoms with Crippen molar-refractivity contribution in [1.29, 1.82) is 0 Å². The summed E-state index contributed by atoms with van der Waals surface area (Å²) >= 11 is 0. The minimum absolute atomic E-state index is 0.398. The number of benzene rings is 1. The van der Waals surface area contributed by atoms with Gasteiger partial charge in [-0.1, -0.05) is 42.0 Å². The normalized spacial score (nSPS) is 16.6. The zero-order valence-electron chi connectivity index (χ0n) is 11.1. The summed E-state index contributed by atoms with van der Waals surface area (Å²) in [5.74, 6) is 0. The molecule has 0 amide bonds. The molecule has 0 saturated carbocycles.